The van der Waals surface area contributed by atoms with Gasteiger partial charge in [-0.1, -0.05) is 29.8 Å². The fourth-order valence-electron chi connectivity index (χ4n) is 2.32. The molecule has 18 heavy (non-hydrogen) atoms. The molecule has 0 unspecified atom stereocenters. The summed E-state index contributed by atoms with van der Waals surface area (Å²) < 4.78 is 24.3. The lowest BCUT2D eigenvalue weighted by molar-refractivity contribution is 0.401. The van der Waals surface area contributed by atoms with Crippen LogP contribution in [0.1, 0.15) is 18.4 Å². The molecule has 1 heterocycles. The van der Waals surface area contributed by atoms with Crippen molar-refractivity contribution < 1.29 is 8.42 Å². The van der Waals surface area contributed by atoms with E-state index in [-0.39, 0.29) is 11.5 Å². The third-order valence-corrected chi connectivity index (χ3v) is 5.38. The van der Waals surface area contributed by atoms with E-state index in [9.17, 15) is 8.42 Å². The van der Waals surface area contributed by atoms with E-state index in [1.165, 1.54) is 0 Å². The molecule has 0 aromatic heterocycles. The maximum absolute atomic E-state index is 12.1. The summed E-state index contributed by atoms with van der Waals surface area (Å²) in [5, 5.41) is 3.78. The Balaban J connectivity index is 2.01. The topological polar surface area (TPSA) is 46.2 Å². The molecule has 0 spiro atoms. The van der Waals surface area contributed by atoms with Gasteiger partial charge in [0.25, 0.3) is 0 Å². The van der Waals surface area contributed by atoms with Gasteiger partial charge in [0.1, 0.15) is 0 Å². The third-order valence-electron chi connectivity index (χ3n) is 3.28. The summed E-state index contributed by atoms with van der Waals surface area (Å²) in [7, 11) is -3.07. The number of hydrogen-bond acceptors (Lipinski definition) is 3. The van der Waals surface area contributed by atoms with Crippen molar-refractivity contribution in [3.05, 3.63) is 34.9 Å². The van der Waals surface area contributed by atoms with E-state index in [0.29, 0.717) is 16.5 Å². The maximum atomic E-state index is 12.1. The molecule has 2 rings (SSSR count). The van der Waals surface area contributed by atoms with Crippen LogP contribution in [0, 0.1) is 5.92 Å². The van der Waals surface area contributed by atoms with Crippen molar-refractivity contribution >= 4 is 21.4 Å². The lowest BCUT2D eigenvalue weighted by Crippen LogP contribution is -2.31. The van der Waals surface area contributed by atoms with Crippen molar-refractivity contribution in [1.29, 1.82) is 0 Å². The Hall–Kier alpha value is -0.580. The number of nitrogens with one attached hydrogen (secondary N) is 1. The lowest BCUT2D eigenvalue weighted by atomic mass is 10.0. The number of rotatable bonds is 4. The van der Waals surface area contributed by atoms with Crippen molar-refractivity contribution in [2.24, 2.45) is 5.92 Å². The monoisotopic (exact) mass is 287 g/mol. The molecule has 0 atom stereocenters. The molecular formula is C13H18ClNO2S. The van der Waals surface area contributed by atoms with Gasteiger partial charge in [-0.05, 0) is 43.5 Å². The smallest absolute Gasteiger partial charge is 0.154 e. The van der Waals surface area contributed by atoms with Gasteiger partial charge in [-0.15, -0.1) is 0 Å². The van der Waals surface area contributed by atoms with Crippen molar-refractivity contribution in [2.75, 3.05) is 18.8 Å². The van der Waals surface area contributed by atoms with Crippen molar-refractivity contribution in [3.8, 4) is 0 Å². The van der Waals surface area contributed by atoms with Gasteiger partial charge in [0.05, 0.1) is 11.5 Å². The van der Waals surface area contributed by atoms with Crippen molar-refractivity contribution in [2.45, 2.75) is 18.6 Å². The van der Waals surface area contributed by atoms with E-state index in [1.54, 1.807) is 12.1 Å². The summed E-state index contributed by atoms with van der Waals surface area (Å²) in [4.78, 5) is 0. The molecule has 1 fully saturated rings. The predicted molar refractivity (Wildman–Crippen MR) is 74.5 cm³/mol. The summed E-state index contributed by atoms with van der Waals surface area (Å²) in [6.07, 6.45) is 1.89. The van der Waals surface area contributed by atoms with Crippen LogP contribution < -0.4 is 5.32 Å². The Kier molecular flexibility index (Phi) is 4.65. The molecule has 1 aromatic rings. The highest BCUT2D eigenvalue weighted by Gasteiger charge is 2.22. The zero-order valence-electron chi connectivity index (χ0n) is 10.2. The van der Waals surface area contributed by atoms with Crippen LogP contribution in [0.25, 0.3) is 0 Å². The first-order valence-corrected chi connectivity index (χ1v) is 8.41. The molecule has 1 aromatic carbocycles. The molecule has 0 bridgehead atoms. The molecule has 0 amide bonds. The van der Waals surface area contributed by atoms with E-state index < -0.39 is 9.84 Å². The molecule has 1 aliphatic heterocycles. The fraction of sp³-hybridized carbons (Fsp3) is 0.538. The molecule has 1 saturated heterocycles. The van der Waals surface area contributed by atoms with Crippen LogP contribution >= 0.6 is 11.6 Å². The third kappa shape index (κ3) is 3.97. The summed E-state index contributed by atoms with van der Waals surface area (Å²) in [5.41, 5.74) is 0.702. The van der Waals surface area contributed by atoms with Crippen LogP contribution in [-0.4, -0.2) is 27.3 Å². The van der Waals surface area contributed by atoms with Gasteiger partial charge in [-0.2, -0.15) is 0 Å². The number of halogens is 1. The molecular weight excluding hydrogens is 270 g/mol. The molecule has 1 N–H and O–H groups in total. The van der Waals surface area contributed by atoms with Crippen LogP contribution in [0.15, 0.2) is 24.3 Å². The average Bonchev–Trinajstić information content (AvgIpc) is 2.32. The Morgan fingerprint density at radius 2 is 1.89 bits per heavy atom. The number of benzene rings is 1. The van der Waals surface area contributed by atoms with E-state index in [4.69, 9.17) is 11.6 Å². The fourth-order valence-corrected chi connectivity index (χ4v) is 4.50. The Bertz CT molecular complexity index is 495. The van der Waals surface area contributed by atoms with Crippen molar-refractivity contribution in [3.63, 3.8) is 0 Å². The van der Waals surface area contributed by atoms with Crippen LogP contribution in [0.2, 0.25) is 5.02 Å². The van der Waals surface area contributed by atoms with Gasteiger partial charge in [-0.3, -0.25) is 0 Å². The molecule has 5 heteroatoms. The highest BCUT2D eigenvalue weighted by Crippen LogP contribution is 2.21. The van der Waals surface area contributed by atoms with Crippen molar-refractivity contribution in [1.82, 2.24) is 5.32 Å². The SMILES string of the molecule is O=S(=O)(Cc1ccccc1Cl)CC1CCNCC1. The van der Waals surface area contributed by atoms with E-state index in [0.717, 1.165) is 25.9 Å². The molecule has 0 aliphatic carbocycles. The van der Waals surface area contributed by atoms with Crippen LogP contribution in [-0.2, 0) is 15.6 Å². The zero-order chi connectivity index (χ0) is 13.0. The number of sulfone groups is 1. The highest BCUT2D eigenvalue weighted by atomic mass is 35.5. The minimum absolute atomic E-state index is 0.0522. The van der Waals surface area contributed by atoms with E-state index in [2.05, 4.69) is 5.32 Å². The maximum Gasteiger partial charge on any atom is 0.154 e. The molecule has 3 nitrogen and oxygen atoms in total. The first kappa shape index (κ1) is 13.8. The predicted octanol–water partition coefficient (Wildman–Crippen LogP) is 2.25. The van der Waals surface area contributed by atoms with Crippen LogP contribution in [0.4, 0.5) is 0 Å². The second-order valence-corrected chi connectivity index (χ2v) is 7.36. The lowest BCUT2D eigenvalue weighted by Gasteiger charge is -2.22. The van der Waals surface area contributed by atoms with Gasteiger partial charge < -0.3 is 5.32 Å². The molecule has 100 valence electrons. The normalized spacial score (nSPS) is 17.8. The molecule has 1 aliphatic rings. The largest absolute Gasteiger partial charge is 0.317 e. The Morgan fingerprint density at radius 1 is 1.22 bits per heavy atom. The summed E-state index contributed by atoms with van der Waals surface area (Å²) in [6.45, 7) is 1.85. The zero-order valence-corrected chi connectivity index (χ0v) is 11.8. The van der Waals surface area contributed by atoms with Gasteiger partial charge in [0.15, 0.2) is 9.84 Å². The summed E-state index contributed by atoms with van der Waals surface area (Å²) in [5.74, 6) is 0.620. The number of hydrogen-bond donors (Lipinski definition) is 1. The van der Waals surface area contributed by atoms with Crippen LogP contribution in [0.5, 0.6) is 0 Å². The molecule has 0 radical (unpaired) electrons. The highest BCUT2D eigenvalue weighted by molar-refractivity contribution is 7.90. The first-order chi connectivity index (χ1) is 8.57. The van der Waals surface area contributed by atoms with Gasteiger partial charge in [-0.25, -0.2) is 8.42 Å². The second kappa shape index (κ2) is 6.04. The average molecular weight is 288 g/mol. The number of piperidine rings is 1. The Morgan fingerprint density at radius 3 is 2.56 bits per heavy atom. The quantitative estimate of drug-likeness (QED) is 0.924. The van der Waals surface area contributed by atoms with Crippen LogP contribution in [0.3, 0.4) is 0 Å². The summed E-state index contributed by atoms with van der Waals surface area (Å²) in [6, 6.07) is 7.14. The van der Waals surface area contributed by atoms with Gasteiger partial charge in [0, 0.05) is 5.02 Å². The Labute approximate surface area is 113 Å². The van der Waals surface area contributed by atoms with E-state index in [1.807, 2.05) is 12.1 Å². The second-order valence-electron chi connectivity index (χ2n) is 4.84. The standard InChI is InChI=1S/C13H18ClNO2S/c14-13-4-2-1-3-12(13)10-18(16,17)9-11-5-7-15-8-6-11/h1-4,11,15H,5-10H2. The summed E-state index contributed by atoms with van der Waals surface area (Å²) >= 11 is 6.00. The van der Waals surface area contributed by atoms with Gasteiger partial charge in [0.2, 0.25) is 0 Å². The minimum atomic E-state index is -3.07. The van der Waals surface area contributed by atoms with E-state index >= 15 is 0 Å². The first-order valence-electron chi connectivity index (χ1n) is 6.21. The van der Waals surface area contributed by atoms with Gasteiger partial charge >= 0.3 is 0 Å². The molecule has 0 saturated carbocycles. The minimum Gasteiger partial charge on any atom is -0.317 e.